The van der Waals surface area contributed by atoms with Crippen LogP contribution in [0.3, 0.4) is 0 Å². The zero-order chi connectivity index (χ0) is 26.5. The Balaban J connectivity index is 1.53. The van der Waals surface area contributed by atoms with Crippen LogP contribution < -0.4 is 14.2 Å². The molecule has 3 aromatic carbocycles. The summed E-state index contributed by atoms with van der Waals surface area (Å²) in [5.74, 6) is 0.150. The van der Waals surface area contributed by atoms with Gasteiger partial charge in [0.2, 0.25) is 0 Å². The molecule has 2 aliphatic heterocycles. The first-order valence-corrected chi connectivity index (χ1v) is 13.0. The molecule has 1 N–H and O–H groups in total. The zero-order valence-electron chi connectivity index (χ0n) is 21.4. The van der Waals surface area contributed by atoms with Gasteiger partial charge in [0.1, 0.15) is 24.7 Å². The topological polar surface area (TPSA) is 85.3 Å². The second-order valence-corrected chi connectivity index (χ2v) is 9.40. The summed E-state index contributed by atoms with van der Waals surface area (Å²) in [7, 11) is 0. The predicted molar refractivity (Wildman–Crippen MR) is 143 cm³/mol. The quantitative estimate of drug-likeness (QED) is 0.172. The van der Waals surface area contributed by atoms with Gasteiger partial charge in [0.25, 0.3) is 11.7 Å². The molecule has 1 fully saturated rings. The van der Waals surface area contributed by atoms with E-state index < -0.39 is 17.7 Å². The highest BCUT2D eigenvalue weighted by molar-refractivity contribution is 6.46. The molecule has 3 aromatic rings. The second-order valence-electron chi connectivity index (χ2n) is 9.40. The number of unbranched alkanes of at least 4 members (excludes halogenated alkanes) is 2. The fraction of sp³-hybridized carbons (Fsp3) is 0.290. The van der Waals surface area contributed by atoms with Gasteiger partial charge in [-0.3, -0.25) is 9.59 Å². The van der Waals surface area contributed by atoms with E-state index in [9.17, 15) is 14.7 Å². The molecule has 7 nitrogen and oxygen atoms in total. The summed E-state index contributed by atoms with van der Waals surface area (Å²) >= 11 is 0. The molecule has 7 heteroatoms. The number of rotatable bonds is 9. The van der Waals surface area contributed by atoms with Gasteiger partial charge in [-0.1, -0.05) is 62.2 Å². The number of fused-ring (bicyclic) bond motifs is 1. The molecule has 2 aliphatic rings. The van der Waals surface area contributed by atoms with Gasteiger partial charge in [-0.2, -0.15) is 0 Å². The summed E-state index contributed by atoms with van der Waals surface area (Å²) in [5, 5.41) is 11.4. The molecule has 0 aromatic heterocycles. The summed E-state index contributed by atoms with van der Waals surface area (Å²) in [6, 6.07) is 21.1. The van der Waals surface area contributed by atoms with Crippen molar-refractivity contribution in [2.75, 3.05) is 19.8 Å². The number of aliphatic hydroxyl groups excluding tert-OH is 1. The summed E-state index contributed by atoms with van der Waals surface area (Å²) in [6.07, 6.45) is 3.20. The van der Waals surface area contributed by atoms with Gasteiger partial charge in [0.05, 0.1) is 18.2 Å². The standard InChI is InChI=1S/C31H31NO6/c1-2-3-7-16-36-24-13-10-22(11-14-24)28-27(29(33)23-12-15-25-26(19-23)38-18-17-37-25)30(34)31(35)32(28)20-21-8-5-4-6-9-21/h4-6,8-15,19,28,33H,2-3,7,16-18,20H2,1H3/b29-27+. The van der Waals surface area contributed by atoms with Gasteiger partial charge >= 0.3 is 0 Å². The number of hydrogen-bond donors (Lipinski definition) is 1. The highest BCUT2D eigenvalue weighted by Crippen LogP contribution is 2.42. The smallest absolute Gasteiger partial charge is 0.295 e. The molecule has 0 aliphatic carbocycles. The Bertz CT molecular complexity index is 1330. The minimum absolute atomic E-state index is 0.0409. The third-order valence-corrected chi connectivity index (χ3v) is 6.76. The predicted octanol–water partition coefficient (Wildman–Crippen LogP) is 5.65. The van der Waals surface area contributed by atoms with Crippen molar-refractivity contribution >= 4 is 17.4 Å². The molecule has 38 heavy (non-hydrogen) atoms. The van der Waals surface area contributed by atoms with E-state index in [4.69, 9.17) is 14.2 Å². The van der Waals surface area contributed by atoms with Crippen LogP contribution in [0.25, 0.3) is 5.76 Å². The number of amides is 1. The minimum Gasteiger partial charge on any atom is -0.507 e. The van der Waals surface area contributed by atoms with Crippen molar-refractivity contribution in [2.45, 2.75) is 38.8 Å². The van der Waals surface area contributed by atoms with E-state index in [2.05, 4.69) is 6.92 Å². The first-order chi connectivity index (χ1) is 18.6. The van der Waals surface area contributed by atoms with Crippen LogP contribution in [0.1, 0.15) is 48.9 Å². The van der Waals surface area contributed by atoms with Crippen LogP contribution in [0.2, 0.25) is 0 Å². The monoisotopic (exact) mass is 513 g/mol. The SMILES string of the molecule is CCCCCOc1ccc(C2/C(=C(\O)c3ccc4c(c3)OCCO4)C(=O)C(=O)N2Cc2ccccc2)cc1. The molecule has 196 valence electrons. The number of likely N-dealkylation sites (tertiary alicyclic amines) is 1. The Kier molecular flexibility index (Phi) is 7.63. The van der Waals surface area contributed by atoms with Crippen molar-refractivity contribution in [3.05, 3.63) is 95.1 Å². The molecule has 2 heterocycles. The molecule has 0 spiro atoms. The zero-order valence-corrected chi connectivity index (χ0v) is 21.4. The van der Waals surface area contributed by atoms with E-state index in [1.807, 2.05) is 54.6 Å². The Morgan fingerprint density at radius 1 is 0.947 bits per heavy atom. The fourth-order valence-corrected chi connectivity index (χ4v) is 4.80. The fourth-order valence-electron chi connectivity index (χ4n) is 4.80. The van der Waals surface area contributed by atoms with Crippen molar-refractivity contribution in [1.29, 1.82) is 0 Å². The van der Waals surface area contributed by atoms with Crippen LogP contribution in [0, 0.1) is 0 Å². The van der Waals surface area contributed by atoms with Crippen LogP contribution in [0.4, 0.5) is 0 Å². The van der Waals surface area contributed by atoms with E-state index in [-0.39, 0.29) is 17.9 Å². The summed E-state index contributed by atoms with van der Waals surface area (Å²) < 4.78 is 17.1. The van der Waals surface area contributed by atoms with Crippen LogP contribution >= 0.6 is 0 Å². The number of benzene rings is 3. The van der Waals surface area contributed by atoms with Crippen LogP contribution in [0.15, 0.2) is 78.4 Å². The molecular weight excluding hydrogens is 482 g/mol. The average Bonchev–Trinajstić information content (AvgIpc) is 3.20. The van der Waals surface area contributed by atoms with Crippen molar-refractivity contribution in [3.63, 3.8) is 0 Å². The maximum absolute atomic E-state index is 13.4. The molecule has 0 saturated carbocycles. The lowest BCUT2D eigenvalue weighted by Crippen LogP contribution is -2.29. The van der Waals surface area contributed by atoms with Gasteiger partial charge in [0.15, 0.2) is 11.5 Å². The number of carbonyl (C=O) groups is 2. The lowest BCUT2D eigenvalue weighted by atomic mass is 9.95. The highest BCUT2D eigenvalue weighted by atomic mass is 16.6. The van der Waals surface area contributed by atoms with Crippen molar-refractivity contribution in [2.24, 2.45) is 0 Å². The molecular formula is C31H31NO6. The van der Waals surface area contributed by atoms with E-state index in [0.717, 1.165) is 30.6 Å². The van der Waals surface area contributed by atoms with Crippen molar-refractivity contribution < 1.29 is 28.9 Å². The lowest BCUT2D eigenvalue weighted by Gasteiger charge is -2.26. The van der Waals surface area contributed by atoms with E-state index in [1.54, 1.807) is 18.2 Å². The number of ether oxygens (including phenoxy) is 3. The van der Waals surface area contributed by atoms with Crippen molar-refractivity contribution in [1.82, 2.24) is 4.90 Å². The van der Waals surface area contributed by atoms with Gasteiger partial charge in [0, 0.05) is 12.1 Å². The summed E-state index contributed by atoms with van der Waals surface area (Å²) in [5.41, 5.74) is 2.02. The van der Waals surface area contributed by atoms with E-state index in [0.29, 0.717) is 42.4 Å². The Hall–Kier alpha value is -4.26. The number of aliphatic hydroxyl groups is 1. The molecule has 1 saturated heterocycles. The third kappa shape index (κ3) is 5.23. The molecule has 0 radical (unpaired) electrons. The van der Waals surface area contributed by atoms with Crippen LogP contribution in [0.5, 0.6) is 17.2 Å². The molecule has 1 amide bonds. The molecule has 1 atom stereocenters. The number of hydrogen-bond acceptors (Lipinski definition) is 6. The van der Waals surface area contributed by atoms with E-state index >= 15 is 0 Å². The average molecular weight is 514 g/mol. The largest absolute Gasteiger partial charge is 0.507 e. The second kappa shape index (κ2) is 11.4. The van der Waals surface area contributed by atoms with Crippen molar-refractivity contribution in [3.8, 4) is 17.2 Å². The van der Waals surface area contributed by atoms with Gasteiger partial charge in [-0.25, -0.2) is 0 Å². The van der Waals surface area contributed by atoms with Gasteiger partial charge < -0.3 is 24.2 Å². The summed E-state index contributed by atoms with van der Waals surface area (Å²) in [6.45, 7) is 3.84. The first kappa shape index (κ1) is 25.4. The van der Waals surface area contributed by atoms with E-state index in [1.165, 1.54) is 4.90 Å². The Labute approximate surface area is 222 Å². The van der Waals surface area contributed by atoms with Gasteiger partial charge in [-0.05, 0) is 47.9 Å². The summed E-state index contributed by atoms with van der Waals surface area (Å²) in [4.78, 5) is 28.2. The molecule has 5 rings (SSSR count). The number of carbonyl (C=O) groups excluding carboxylic acids is 2. The lowest BCUT2D eigenvalue weighted by molar-refractivity contribution is -0.140. The maximum Gasteiger partial charge on any atom is 0.295 e. The highest BCUT2D eigenvalue weighted by Gasteiger charge is 2.46. The maximum atomic E-state index is 13.4. The first-order valence-electron chi connectivity index (χ1n) is 13.0. The number of nitrogens with zero attached hydrogens (tertiary/aromatic N) is 1. The van der Waals surface area contributed by atoms with Gasteiger partial charge in [-0.15, -0.1) is 0 Å². The van der Waals surface area contributed by atoms with Crippen LogP contribution in [-0.4, -0.2) is 41.5 Å². The normalized spacial score (nSPS) is 18.0. The minimum atomic E-state index is -0.766. The molecule has 0 bridgehead atoms. The third-order valence-electron chi connectivity index (χ3n) is 6.76. The van der Waals surface area contributed by atoms with Crippen LogP contribution in [-0.2, 0) is 16.1 Å². The molecule has 1 unspecified atom stereocenters. The number of Topliss-reactive ketones (excluding diaryl/α,β-unsaturated/α-hetero) is 1. The Morgan fingerprint density at radius 2 is 1.68 bits per heavy atom. The number of ketones is 1. The Morgan fingerprint density at radius 3 is 2.42 bits per heavy atom.